The summed E-state index contributed by atoms with van der Waals surface area (Å²) >= 11 is 19.7. The number of thiocarbonyl (C=S) groups is 2. The number of carbonyl (C=O) groups is 1. The van der Waals surface area contributed by atoms with Gasteiger partial charge in [-0.15, -0.1) is 47.3 Å². The summed E-state index contributed by atoms with van der Waals surface area (Å²) in [5, 5.41) is 0.827. The first kappa shape index (κ1) is 38.6. The van der Waals surface area contributed by atoms with Crippen molar-refractivity contribution >= 4 is 91.2 Å². The van der Waals surface area contributed by atoms with Crippen LogP contribution >= 0.6 is 71.7 Å². The average molecular weight is 922 g/mol. The van der Waals surface area contributed by atoms with Gasteiger partial charge < -0.3 is 20.0 Å². The van der Waals surface area contributed by atoms with Crippen LogP contribution in [0.4, 0.5) is 22.4 Å². The summed E-state index contributed by atoms with van der Waals surface area (Å²) in [7, 11) is 0. The van der Waals surface area contributed by atoms with Gasteiger partial charge in [-0.1, -0.05) is 0 Å². The van der Waals surface area contributed by atoms with Gasteiger partial charge in [-0.05, 0) is 84.5 Å². The van der Waals surface area contributed by atoms with Crippen molar-refractivity contribution in [3.8, 4) is 0 Å². The minimum absolute atomic E-state index is 0.134. The van der Waals surface area contributed by atoms with Crippen molar-refractivity contribution in [2.24, 2.45) is 17.7 Å². The molecule has 50 heavy (non-hydrogen) atoms. The summed E-state index contributed by atoms with van der Waals surface area (Å²) in [5.74, 6) is 3.79. The Morgan fingerprint density at radius 3 is 1.80 bits per heavy atom. The molecular weight excluding hydrogens is 891 g/mol. The van der Waals surface area contributed by atoms with Gasteiger partial charge in [0.15, 0.2) is 10.2 Å². The fourth-order valence-corrected chi connectivity index (χ4v) is 7.16. The second-order valence-electron chi connectivity index (χ2n) is 12.4. The van der Waals surface area contributed by atoms with Crippen molar-refractivity contribution in [3.05, 3.63) is 107 Å². The minimum Gasteiger partial charge on any atom is -0.441 e. The Balaban J connectivity index is 0.000000189. The summed E-state index contributed by atoms with van der Waals surface area (Å²) in [6.45, 7) is 2.81. The maximum atomic E-state index is 13.6. The van der Waals surface area contributed by atoms with Crippen LogP contribution in [0.15, 0.2) is 66.3 Å². The van der Waals surface area contributed by atoms with Crippen LogP contribution in [0.3, 0.4) is 0 Å². The second-order valence-corrected chi connectivity index (χ2v) is 19.6. The highest BCUT2D eigenvalue weighted by atomic mass is 79.9. The van der Waals surface area contributed by atoms with E-state index in [2.05, 4.69) is 69.6 Å². The van der Waals surface area contributed by atoms with Crippen LogP contribution in [-0.4, -0.2) is 62.1 Å². The quantitative estimate of drug-likeness (QED) is 0.0700. The molecule has 264 valence electrons. The number of likely N-dealkylation sites (tertiary alicyclic amines) is 2. The van der Waals surface area contributed by atoms with E-state index in [9.17, 15) is 22.4 Å². The van der Waals surface area contributed by atoms with Crippen LogP contribution in [0, 0.1) is 41.2 Å². The smallest absolute Gasteiger partial charge is 0.426 e. The van der Waals surface area contributed by atoms with E-state index in [4.69, 9.17) is 35.0 Å². The first-order chi connectivity index (χ1) is 23.7. The molecule has 18 heteroatoms. The van der Waals surface area contributed by atoms with Gasteiger partial charge >= 0.3 is 9.28 Å². The molecule has 2 saturated heterocycles. The molecule has 0 bridgehead atoms. The van der Waals surface area contributed by atoms with Gasteiger partial charge in [0.2, 0.25) is 0 Å². The van der Waals surface area contributed by atoms with Crippen molar-refractivity contribution in [1.82, 2.24) is 26.1 Å². The van der Waals surface area contributed by atoms with Crippen LogP contribution in [0.25, 0.3) is 0 Å². The molecule has 2 heterocycles. The standard InChI is InChI=1S/C20H17F2N3O2S.C12H13F2N3S.BBr3/c21-16-6-14(7-17(22)8-16)20-9-15(20)10-25(12-20)18(28)23-24-19(26)27-11-13-4-2-1-3-5-13;13-9-1-7(2-10(14)3-9)12-4-8(12)5-17(6-12)11(18)16-15;2-1(3)4/h2-8,15H,9-12H2,(H-,23,24,26,28);1-3,8H,4-6,15H2,(H,16,18);/p+1. The SMILES string of the molecule is BrB(Br)Br.NNC(=S)N1CC2CC2(c2cc(F)cc(F)c2)C1.O=C(NNC(=S)N1CC2CC2(c2cc(F)cc(F)c2)C1)OCC1=CC=[C+]C=C1. The number of amides is 1. The molecule has 3 aliphatic carbocycles. The van der Waals surface area contributed by atoms with E-state index in [-0.39, 0.29) is 26.5 Å². The average Bonchev–Trinajstić information content (AvgIpc) is 3.87. The van der Waals surface area contributed by atoms with E-state index < -0.39 is 29.4 Å². The molecule has 5 N–H and O–H groups in total. The predicted molar refractivity (Wildman–Crippen MR) is 203 cm³/mol. The summed E-state index contributed by atoms with van der Waals surface area (Å²) in [5.41, 5.74) is 9.34. The molecular formula is C32H31BBr3F4N6O2S2+. The third-order valence-electron chi connectivity index (χ3n) is 9.29. The molecule has 8 nitrogen and oxygen atoms in total. The molecule has 0 aromatic heterocycles. The third kappa shape index (κ3) is 9.44. The normalized spacial score (nSPS) is 24.5. The Morgan fingerprint density at radius 1 is 0.880 bits per heavy atom. The molecule has 2 aromatic carbocycles. The van der Waals surface area contributed by atoms with Crippen LogP contribution in [0.1, 0.15) is 24.0 Å². The fraction of sp³-hybridized carbons (Fsp3) is 0.344. The molecule has 4 atom stereocenters. The van der Waals surface area contributed by atoms with Crippen molar-refractivity contribution in [2.75, 3.05) is 32.8 Å². The molecule has 1 amide bonds. The number of benzene rings is 2. The summed E-state index contributed by atoms with van der Waals surface area (Å²) in [4.78, 5) is 15.6. The van der Waals surface area contributed by atoms with Gasteiger partial charge in [0.05, 0.1) is 12.2 Å². The van der Waals surface area contributed by atoms with E-state index in [0.717, 1.165) is 42.7 Å². The third-order valence-corrected chi connectivity index (χ3v) is 10.0. The van der Waals surface area contributed by atoms with Gasteiger partial charge in [-0.25, -0.2) is 33.6 Å². The van der Waals surface area contributed by atoms with Crippen molar-refractivity contribution < 1.29 is 27.1 Å². The molecule has 7 rings (SSSR count). The van der Waals surface area contributed by atoms with Crippen LogP contribution in [0.5, 0.6) is 0 Å². The number of fused-ring (bicyclic) bond motifs is 2. The lowest BCUT2D eigenvalue weighted by Crippen LogP contribution is -2.49. The topological polar surface area (TPSA) is 94.9 Å². The van der Waals surface area contributed by atoms with Crippen LogP contribution in [-0.2, 0) is 15.6 Å². The number of nitrogens with one attached hydrogen (secondary N) is 3. The lowest BCUT2D eigenvalue weighted by atomic mass is 9.95. The van der Waals surface area contributed by atoms with Gasteiger partial charge in [-0.3, -0.25) is 5.43 Å². The molecule has 2 aliphatic heterocycles. The van der Waals surface area contributed by atoms with Crippen LogP contribution in [0.2, 0.25) is 0 Å². The number of carbonyl (C=O) groups excluding carboxylic acids is 1. The van der Waals surface area contributed by atoms with Gasteiger partial charge in [-0.2, -0.15) is 0 Å². The first-order valence-corrected chi connectivity index (χ1v) is 18.8. The number of nitrogens with zero attached hydrogens (tertiary/aromatic N) is 2. The highest BCUT2D eigenvalue weighted by molar-refractivity contribution is 9.69. The number of halogens is 7. The summed E-state index contributed by atoms with van der Waals surface area (Å²) in [6.07, 6.45) is 11.1. The van der Waals surface area contributed by atoms with Crippen LogP contribution < -0.4 is 22.1 Å². The molecule has 4 fully saturated rings. The maximum absolute atomic E-state index is 13.6. The number of nitrogens with two attached hydrogens (primary N) is 1. The number of allylic oxidation sites excluding steroid dienone is 4. The molecule has 2 saturated carbocycles. The number of ether oxygens (including phenoxy) is 1. The molecule has 0 spiro atoms. The number of hydrazine groups is 2. The number of piperidine rings is 2. The van der Waals surface area contributed by atoms with E-state index in [1.807, 2.05) is 9.80 Å². The van der Waals surface area contributed by atoms with Gasteiger partial charge in [0.25, 0.3) is 0 Å². The Morgan fingerprint density at radius 2 is 1.36 bits per heavy atom. The van der Waals surface area contributed by atoms with E-state index in [0.29, 0.717) is 41.3 Å². The van der Waals surface area contributed by atoms with Crippen molar-refractivity contribution in [2.45, 2.75) is 23.7 Å². The van der Waals surface area contributed by atoms with Gasteiger partial charge in [0.1, 0.15) is 47.6 Å². The van der Waals surface area contributed by atoms with E-state index in [1.165, 1.54) is 24.3 Å². The summed E-state index contributed by atoms with van der Waals surface area (Å²) < 4.78 is 59.1. The highest BCUT2D eigenvalue weighted by Gasteiger charge is 2.62. The maximum Gasteiger partial charge on any atom is 0.426 e. The van der Waals surface area contributed by atoms with E-state index in [1.54, 1.807) is 24.3 Å². The Hall–Kier alpha value is -2.60. The van der Waals surface area contributed by atoms with Crippen molar-refractivity contribution in [3.63, 3.8) is 0 Å². The Labute approximate surface area is 323 Å². The number of rotatable bonds is 4. The second kappa shape index (κ2) is 16.4. The van der Waals surface area contributed by atoms with E-state index >= 15 is 0 Å². The molecule has 0 radical (unpaired) electrons. The van der Waals surface area contributed by atoms with Gasteiger partial charge in [0, 0.05) is 55.2 Å². The zero-order chi connectivity index (χ0) is 36.2. The highest BCUT2D eigenvalue weighted by Crippen LogP contribution is 2.60. The zero-order valence-electron chi connectivity index (χ0n) is 26.2. The lowest BCUT2D eigenvalue weighted by Gasteiger charge is -2.24. The monoisotopic (exact) mass is 919 g/mol. The zero-order valence-corrected chi connectivity index (χ0v) is 32.6. The fourth-order valence-electron chi connectivity index (χ4n) is 6.83. The first-order valence-electron chi connectivity index (χ1n) is 15.3. The number of hydrogen-bond donors (Lipinski definition) is 4. The minimum atomic E-state index is -0.651. The van der Waals surface area contributed by atoms with Crippen molar-refractivity contribution in [1.29, 1.82) is 0 Å². The molecule has 4 unspecified atom stereocenters. The Kier molecular flexibility index (Phi) is 12.7. The lowest BCUT2D eigenvalue weighted by molar-refractivity contribution is 0.153. The predicted octanol–water partition coefficient (Wildman–Crippen LogP) is 6.35. The molecule has 2 aromatic rings. The molecule has 5 aliphatic rings. The number of hydrogen-bond acceptors (Lipinski definition) is 5. The Bertz CT molecular complexity index is 1700. The summed E-state index contributed by atoms with van der Waals surface area (Å²) in [6, 6.07) is 7.40. The largest absolute Gasteiger partial charge is 0.441 e.